The largest absolute Gasteiger partial charge is 0.464 e. The highest BCUT2D eigenvalue weighted by Crippen LogP contribution is 2.44. The summed E-state index contributed by atoms with van der Waals surface area (Å²) in [5, 5.41) is 7.21. The Hall–Kier alpha value is -4.67. The summed E-state index contributed by atoms with van der Waals surface area (Å²) in [6, 6.07) is 5.87. The molecule has 5 fully saturated rings. The lowest BCUT2D eigenvalue weighted by Gasteiger charge is -2.50. The van der Waals surface area contributed by atoms with Crippen molar-refractivity contribution in [3.8, 4) is 22.5 Å². The third-order valence-corrected chi connectivity index (χ3v) is 16.8. The number of fused-ring (bicyclic) bond motifs is 8. The van der Waals surface area contributed by atoms with E-state index in [4.69, 9.17) is 38.4 Å². The van der Waals surface area contributed by atoms with Gasteiger partial charge in [-0.25, -0.2) is 24.0 Å². The Morgan fingerprint density at radius 3 is 2.69 bits per heavy atom. The van der Waals surface area contributed by atoms with Crippen LogP contribution in [0.4, 0.5) is 13.6 Å². The summed E-state index contributed by atoms with van der Waals surface area (Å²) in [4.78, 5) is 57.8. The third kappa shape index (κ3) is 11.1. The first-order valence-corrected chi connectivity index (χ1v) is 27.4. The predicted octanol–water partition coefficient (Wildman–Crippen LogP) is 7.28. The molecule has 17 nitrogen and oxygen atoms in total. The molecule has 20 heteroatoms. The first-order valence-electron chi connectivity index (χ1n) is 26.5. The monoisotopic (exact) mass is 1050 g/mol. The summed E-state index contributed by atoms with van der Waals surface area (Å²) in [5.74, 6) is -0.739. The molecular formula is C54H72F2N8O9S. The number of carbonyl (C=O) groups excluding carboxylic acids is 3. The number of aromatic nitrogens is 3. The molecule has 74 heavy (non-hydrogen) atoms. The summed E-state index contributed by atoms with van der Waals surface area (Å²) in [6.07, 6.45) is 1.29. The van der Waals surface area contributed by atoms with E-state index in [0.717, 1.165) is 83.7 Å². The van der Waals surface area contributed by atoms with Gasteiger partial charge in [-0.15, -0.1) is 11.3 Å². The number of hydrogen-bond donors (Lipinski definition) is 2. The SMILES string of the molecule is CO[C@@H](C)c1ncc([C@@H]2CCN3CCOCC3C2)cc1-c1c2c3cc(ccc3n1CCOC(C)C)-c1csc(n1)[C@@H](OCC(F)F)[C@H](NC(=O)N1C[C@@H]3COCC[C@@H]31)C(=O)N1CCC[C@H](N1)C(=O)OCC(C)(C)C2. The Morgan fingerprint density at radius 1 is 1.05 bits per heavy atom. The normalized spacial score (nSPS) is 27.1. The van der Waals surface area contributed by atoms with Crippen LogP contribution in [0, 0.1) is 11.3 Å². The van der Waals surface area contributed by atoms with E-state index in [-0.39, 0.29) is 48.2 Å². The topological polar surface area (TPSA) is 171 Å². The molecule has 0 spiro atoms. The van der Waals surface area contributed by atoms with Gasteiger partial charge in [-0.2, -0.15) is 0 Å². The van der Waals surface area contributed by atoms with E-state index >= 15 is 0 Å². The van der Waals surface area contributed by atoms with E-state index in [1.165, 1.54) is 16.3 Å². The number of nitrogens with zero attached hydrogens (tertiary/aromatic N) is 6. The second-order valence-electron chi connectivity index (χ2n) is 21.9. The maximum absolute atomic E-state index is 14.9. The van der Waals surface area contributed by atoms with Crippen LogP contribution in [0.3, 0.4) is 0 Å². The quantitative estimate of drug-likeness (QED) is 0.136. The van der Waals surface area contributed by atoms with Crippen LogP contribution in [-0.2, 0) is 51.0 Å². The van der Waals surface area contributed by atoms with Crippen LogP contribution >= 0.6 is 11.3 Å². The van der Waals surface area contributed by atoms with Crippen molar-refractivity contribution in [2.45, 2.75) is 135 Å². The molecule has 0 saturated carbocycles. The number of carbonyl (C=O) groups is 3. The van der Waals surface area contributed by atoms with Gasteiger partial charge < -0.3 is 43.2 Å². The first-order chi connectivity index (χ1) is 35.7. The summed E-state index contributed by atoms with van der Waals surface area (Å²) in [5.41, 5.74) is 9.63. The van der Waals surface area contributed by atoms with Crippen LogP contribution in [0.2, 0.25) is 0 Å². The molecular weight excluding hydrogens is 975 g/mol. The minimum Gasteiger partial charge on any atom is -0.464 e. The Kier molecular flexibility index (Phi) is 16.0. The van der Waals surface area contributed by atoms with Gasteiger partial charge in [-0.1, -0.05) is 19.9 Å². The van der Waals surface area contributed by atoms with Crippen molar-refractivity contribution in [2.24, 2.45) is 11.3 Å². The average Bonchev–Trinajstić information content (AvgIpc) is 3.99. The van der Waals surface area contributed by atoms with Gasteiger partial charge in [0.15, 0.2) is 0 Å². The van der Waals surface area contributed by atoms with Crippen LogP contribution in [0.1, 0.15) is 107 Å². The molecule has 0 aliphatic carbocycles. The lowest BCUT2D eigenvalue weighted by atomic mass is 9.82. The van der Waals surface area contributed by atoms with Crippen molar-refractivity contribution >= 4 is 40.1 Å². The second-order valence-corrected chi connectivity index (χ2v) is 22.8. The minimum atomic E-state index is -2.88. The molecule has 3 aromatic heterocycles. The molecule has 9 heterocycles. The molecule has 6 bridgehead atoms. The Morgan fingerprint density at radius 2 is 1.89 bits per heavy atom. The number of methoxy groups -OCH3 is 1. The number of hydrogen-bond acceptors (Lipinski definition) is 14. The van der Waals surface area contributed by atoms with E-state index in [9.17, 15) is 23.2 Å². The number of thiazole rings is 1. The Balaban J connectivity index is 1.12. The van der Waals surface area contributed by atoms with Gasteiger partial charge in [0.05, 0.1) is 62.3 Å². The molecule has 1 aromatic carbocycles. The second kappa shape index (κ2) is 22.5. The van der Waals surface area contributed by atoms with Gasteiger partial charge >= 0.3 is 12.0 Å². The number of morpholine rings is 1. The number of urea groups is 1. The average molecular weight is 1050 g/mol. The molecule has 6 aliphatic heterocycles. The molecule has 3 amide bonds. The summed E-state index contributed by atoms with van der Waals surface area (Å²) < 4.78 is 66.8. The fraction of sp³-hybridized carbons (Fsp3) is 0.648. The Labute approximate surface area is 435 Å². The zero-order chi connectivity index (χ0) is 51.8. The van der Waals surface area contributed by atoms with Crippen molar-refractivity contribution in [2.75, 3.05) is 79.5 Å². The number of nitrogens with one attached hydrogen (secondary N) is 2. The van der Waals surface area contributed by atoms with E-state index in [2.05, 4.69) is 52.3 Å². The van der Waals surface area contributed by atoms with Crippen LogP contribution in [-0.4, -0.2) is 163 Å². The van der Waals surface area contributed by atoms with Gasteiger partial charge in [-0.3, -0.25) is 24.5 Å². The smallest absolute Gasteiger partial charge is 0.324 e. The number of pyridine rings is 1. The van der Waals surface area contributed by atoms with Crippen molar-refractivity contribution in [1.82, 2.24) is 40.1 Å². The van der Waals surface area contributed by atoms with Crippen LogP contribution in [0.5, 0.6) is 0 Å². The fourth-order valence-electron chi connectivity index (χ4n) is 11.8. The van der Waals surface area contributed by atoms with Gasteiger partial charge in [0.2, 0.25) is 0 Å². The van der Waals surface area contributed by atoms with E-state index in [0.29, 0.717) is 70.3 Å². The predicted molar refractivity (Wildman–Crippen MR) is 274 cm³/mol. The molecule has 10 rings (SSSR count). The van der Waals surface area contributed by atoms with Crippen molar-refractivity contribution in [1.29, 1.82) is 0 Å². The number of hydrazine groups is 1. The van der Waals surface area contributed by atoms with Gasteiger partial charge in [0.25, 0.3) is 12.3 Å². The standard InChI is InChI=1S/C54H72F2N8O9S/c1-31(2)71-19-16-62-44-10-9-34-21-38(44)40(48(62)39-22-35(24-57-46(39)32(3)68-6)33-11-14-61-15-18-70-27-37(61)20-33)23-54(4,5)30-73-52(66)41-8-7-13-64(60-41)51(65)47(49(72-28-45(55)56)50-58-42(34)29-74-50)59-53(67)63-25-36-26-69-17-12-43(36)63/h9-10,21-22,24,29,31-33,36-37,41,43,45,47,49,60H,7-8,11-20,23,25-28,30H2,1-6H3,(H,59,67)/t32-,33+,36+,37?,41-,43-,47-,49-/m0/s1. The molecule has 402 valence electrons. The van der Waals surface area contributed by atoms with E-state index in [1.807, 2.05) is 38.4 Å². The van der Waals surface area contributed by atoms with E-state index in [1.54, 1.807) is 12.0 Å². The Bertz CT molecular complexity index is 2670. The first kappa shape index (κ1) is 52.8. The zero-order valence-corrected chi connectivity index (χ0v) is 44.3. The molecule has 0 radical (unpaired) electrons. The fourth-order valence-corrected chi connectivity index (χ4v) is 12.8. The highest BCUT2D eigenvalue weighted by molar-refractivity contribution is 7.10. The van der Waals surface area contributed by atoms with Gasteiger partial charge in [0, 0.05) is 96.9 Å². The molecule has 2 N–H and O–H groups in total. The molecule has 5 saturated heterocycles. The van der Waals surface area contributed by atoms with E-state index < -0.39 is 54.5 Å². The molecule has 6 aliphatic rings. The zero-order valence-electron chi connectivity index (χ0n) is 43.5. The number of amides is 3. The number of benzene rings is 1. The highest BCUT2D eigenvalue weighted by Gasteiger charge is 2.47. The lowest BCUT2D eigenvalue weighted by Crippen LogP contribution is -2.67. The van der Waals surface area contributed by atoms with Crippen molar-refractivity contribution in [3.05, 3.63) is 57.7 Å². The third-order valence-electron chi connectivity index (χ3n) is 15.8. The van der Waals surface area contributed by atoms with Crippen LogP contribution < -0.4 is 10.7 Å². The molecule has 4 aromatic rings. The summed E-state index contributed by atoms with van der Waals surface area (Å²) >= 11 is 1.17. The number of alkyl halides is 2. The van der Waals surface area contributed by atoms with Gasteiger partial charge in [0.1, 0.15) is 29.8 Å². The maximum atomic E-state index is 14.9. The van der Waals surface area contributed by atoms with Crippen LogP contribution in [0.15, 0.2) is 35.8 Å². The van der Waals surface area contributed by atoms with Crippen molar-refractivity contribution < 1.29 is 51.6 Å². The summed E-state index contributed by atoms with van der Waals surface area (Å²) in [6.45, 7) is 15.3. The number of piperidine rings is 1. The lowest BCUT2D eigenvalue weighted by molar-refractivity contribution is -0.156. The summed E-state index contributed by atoms with van der Waals surface area (Å²) in [7, 11) is 1.70. The molecule has 8 atom stereocenters. The number of rotatable bonds is 12. The maximum Gasteiger partial charge on any atom is 0.324 e. The number of ether oxygens (including phenoxy) is 6. The highest BCUT2D eigenvalue weighted by atomic mass is 32.1. The number of cyclic esters (lactones) is 1. The van der Waals surface area contributed by atoms with Crippen LogP contribution in [0.25, 0.3) is 33.4 Å². The van der Waals surface area contributed by atoms with Gasteiger partial charge in [-0.05, 0) is 101 Å². The molecule has 1 unspecified atom stereocenters. The number of esters is 1. The number of halogens is 2. The van der Waals surface area contributed by atoms with Crippen molar-refractivity contribution in [3.63, 3.8) is 0 Å². The number of likely N-dealkylation sites (tertiary alicyclic amines) is 1. The minimum absolute atomic E-state index is 0.00363.